The maximum Gasteiger partial charge on any atom is 0.0614 e. The first-order valence-corrected chi connectivity index (χ1v) is 7.86. The van der Waals surface area contributed by atoms with E-state index in [9.17, 15) is 0 Å². The van der Waals surface area contributed by atoms with Crippen LogP contribution in [-0.2, 0) is 0 Å². The van der Waals surface area contributed by atoms with Crippen molar-refractivity contribution in [3.63, 3.8) is 0 Å². The number of rotatable bonds is 9. The lowest BCUT2D eigenvalue weighted by Crippen LogP contribution is -1.82. The highest BCUT2D eigenvalue weighted by atomic mass is 16.2. The van der Waals surface area contributed by atoms with Crippen LogP contribution in [0, 0.1) is 0 Å². The van der Waals surface area contributed by atoms with E-state index in [1.807, 2.05) is 6.08 Å². The first-order chi connectivity index (χ1) is 9.95. The van der Waals surface area contributed by atoms with Gasteiger partial charge in [0.15, 0.2) is 0 Å². The summed E-state index contributed by atoms with van der Waals surface area (Å²) >= 11 is 0. The van der Waals surface area contributed by atoms with Gasteiger partial charge in [-0.3, -0.25) is 0 Å². The number of hydrogen-bond acceptors (Lipinski definition) is 1. The maximum absolute atomic E-state index is 8.80. The van der Waals surface area contributed by atoms with E-state index in [-0.39, 0.29) is 6.61 Å². The molecule has 1 nitrogen and oxygen atoms in total. The van der Waals surface area contributed by atoms with Crippen molar-refractivity contribution in [3.8, 4) is 0 Å². The largest absolute Gasteiger partial charge is 0.392 e. The average molecular weight is 288 g/mol. The Hall–Kier alpha value is -1.34. The van der Waals surface area contributed by atoms with E-state index in [2.05, 4.69) is 65.0 Å². The summed E-state index contributed by atoms with van der Waals surface area (Å²) in [6.45, 7) is 10.8. The molecule has 21 heavy (non-hydrogen) atoms. The molecule has 0 saturated heterocycles. The van der Waals surface area contributed by atoms with Crippen molar-refractivity contribution in [2.45, 2.75) is 60.3 Å². The lowest BCUT2D eigenvalue weighted by atomic mass is 10.1. The summed E-state index contributed by atoms with van der Waals surface area (Å²) in [5.74, 6) is 0. The Bertz CT molecular complexity index is 427. The van der Waals surface area contributed by atoms with Crippen LogP contribution in [0.3, 0.4) is 0 Å². The predicted molar refractivity (Wildman–Crippen MR) is 95.4 cm³/mol. The van der Waals surface area contributed by atoms with Crippen molar-refractivity contribution in [2.75, 3.05) is 6.61 Å². The Labute approximate surface area is 131 Å². The maximum atomic E-state index is 8.80. The van der Waals surface area contributed by atoms with Crippen LogP contribution in [0.1, 0.15) is 60.3 Å². The summed E-state index contributed by atoms with van der Waals surface area (Å²) in [5, 5.41) is 8.80. The molecule has 0 fully saturated rings. The van der Waals surface area contributed by atoms with Gasteiger partial charge in [-0.15, -0.1) is 0 Å². The highest BCUT2D eigenvalue weighted by molar-refractivity contribution is 5.21. The Balaban J connectivity index is 4.07. The lowest BCUT2D eigenvalue weighted by molar-refractivity contribution is 0.341. The molecular formula is C20H32O. The third kappa shape index (κ3) is 13.4. The third-order valence-corrected chi connectivity index (χ3v) is 3.26. The minimum atomic E-state index is 0.152. The van der Waals surface area contributed by atoms with Crippen LogP contribution in [0.25, 0.3) is 0 Å². The van der Waals surface area contributed by atoms with E-state index in [1.165, 1.54) is 22.3 Å². The topological polar surface area (TPSA) is 20.2 Å². The van der Waals surface area contributed by atoms with E-state index < -0.39 is 0 Å². The molecule has 0 bridgehead atoms. The van der Waals surface area contributed by atoms with Crippen molar-refractivity contribution in [1.82, 2.24) is 0 Å². The van der Waals surface area contributed by atoms with Crippen LogP contribution in [0.15, 0.2) is 58.7 Å². The molecule has 0 aromatic rings. The van der Waals surface area contributed by atoms with Crippen molar-refractivity contribution in [1.29, 1.82) is 0 Å². The van der Waals surface area contributed by atoms with E-state index >= 15 is 0 Å². The minimum absolute atomic E-state index is 0.152. The number of aliphatic hydroxyl groups is 1. The third-order valence-electron chi connectivity index (χ3n) is 3.26. The highest BCUT2D eigenvalue weighted by Crippen LogP contribution is 2.11. The molecule has 1 heteroatoms. The fourth-order valence-corrected chi connectivity index (χ4v) is 1.89. The van der Waals surface area contributed by atoms with Crippen LogP contribution in [0.5, 0.6) is 0 Å². The van der Waals surface area contributed by atoms with Crippen molar-refractivity contribution >= 4 is 0 Å². The van der Waals surface area contributed by atoms with Gasteiger partial charge in [-0.05, 0) is 60.3 Å². The second kappa shape index (κ2) is 12.4. The smallest absolute Gasteiger partial charge is 0.0614 e. The molecule has 0 saturated carbocycles. The molecule has 0 unspecified atom stereocenters. The molecule has 0 aromatic carbocycles. The first kappa shape index (κ1) is 19.7. The van der Waals surface area contributed by atoms with Gasteiger partial charge in [0.05, 0.1) is 6.61 Å². The molecule has 0 rings (SSSR count). The molecule has 1 N–H and O–H groups in total. The van der Waals surface area contributed by atoms with E-state index in [4.69, 9.17) is 5.11 Å². The first-order valence-electron chi connectivity index (χ1n) is 7.86. The van der Waals surface area contributed by atoms with Gasteiger partial charge in [-0.25, -0.2) is 0 Å². The Morgan fingerprint density at radius 3 is 1.95 bits per heavy atom. The summed E-state index contributed by atoms with van der Waals surface area (Å²) in [6, 6.07) is 0. The van der Waals surface area contributed by atoms with Gasteiger partial charge in [0.1, 0.15) is 0 Å². The second-order valence-corrected chi connectivity index (χ2v) is 5.91. The van der Waals surface area contributed by atoms with Gasteiger partial charge >= 0.3 is 0 Å². The van der Waals surface area contributed by atoms with Gasteiger partial charge in [0.25, 0.3) is 0 Å². The number of allylic oxidation sites excluding steroid dienone is 9. The molecule has 0 aliphatic heterocycles. The number of aliphatic hydroxyl groups excluding tert-OH is 1. The lowest BCUT2D eigenvalue weighted by Gasteiger charge is -2.01. The van der Waals surface area contributed by atoms with Gasteiger partial charge < -0.3 is 5.11 Å². The quantitative estimate of drug-likeness (QED) is 0.413. The Morgan fingerprint density at radius 2 is 1.38 bits per heavy atom. The zero-order chi connectivity index (χ0) is 16.1. The summed E-state index contributed by atoms with van der Waals surface area (Å²) in [7, 11) is 0. The van der Waals surface area contributed by atoms with Crippen LogP contribution in [-0.4, -0.2) is 11.7 Å². The molecule has 0 aromatic heterocycles. The fraction of sp³-hybridized carbons (Fsp3) is 0.500. The molecule has 0 spiro atoms. The molecular weight excluding hydrogens is 256 g/mol. The normalized spacial score (nSPS) is 13.9. The van der Waals surface area contributed by atoms with Crippen molar-refractivity contribution in [2.24, 2.45) is 0 Å². The van der Waals surface area contributed by atoms with Crippen molar-refractivity contribution < 1.29 is 5.11 Å². The highest BCUT2D eigenvalue weighted by Gasteiger charge is 1.91. The van der Waals surface area contributed by atoms with Crippen LogP contribution in [0.2, 0.25) is 0 Å². The summed E-state index contributed by atoms with van der Waals surface area (Å²) < 4.78 is 0. The van der Waals surface area contributed by atoms with Gasteiger partial charge in [0, 0.05) is 0 Å². The van der Waals surface area contributed by atoms with E-state index in [1.54, 1.807) is 0 Å². The molecule has 118 valence electrons. The van der Waals surface area contributed by atoms with Gasteiger partial charge in [0.2, 0.25) is 0 Å². The van der Waals surface area contributed by atoms with Crippen LogP contribution < -0.4 is 0 Å². The summed E-state index contributed by atoms with van der Waals surface area (Å²) in [4.78, 5) is 0. The fourth-order valence-electron chi connectivity index (χ4n) is 1.89. The standard InChI is InChI=1S/C20H32O/c1-17(2)9-6-10-18(3)11-7-12-19(4)13-8-14-20(5)15-16-21/h6,9-11,13,15,21H,7-8,12,14,16H2,1-5H3/b10-6+,18-11+,19-13+,20-15+. The molecule has 0 aliphatic carbocycles. The predicted octanol–water partition coefficient (Wildman–Crippen LogP) is 5.90. The Morgan fingerprint density at radius 1 is 0.810 bits per heavy atom. The number of hydrogen-bond donors (Lipinski definition) is 1. The molecule has 0 radical (unpaired) electrons. The zero-order valence-corrected chi connectivity index (χ0v) is 14.4. The van der Waals surface area contributed by atoms with Gasteiger partial charge in [-0.2, -0.15) is 0 Å². The van der Waals surface area contributed by atoms with Crippen molar-refractivity contribution in [3.05, 3.63) is 58.7 Å². The second-order valence-electron chi connectivity index (χ2n) is 5.91. The van der Waals surface area contributed by atoms with Crippen LogP contribution in [0.4, 0.5) is 0 Å². The Kier molecular flexibility index (Phi) is 11.6. The molecule has 0 atom stereocenters. The molecule has 0 aliphatic rings. The van der Waals surface area contributed by atoms with E-state index in [0.29, 0.717) is 0 Å². The van der Waals surface area contributed by atoms with Gasteiger partial charge in [-0.1, -0.05) is 58.7 Å². The molecule has 0 amide bonds. The molecule has 0 heterocycles. The minimum Gasteiger partial charge on any atom is -0.392 e. The monoisotopic (exact) mass is 288 g/mol. The van der Waals surface area contributed by atoms with E-state index in [0.717, 1.165) is 25.7 Å². The van der Waals surface area contributed by atoms with Crippen LogP contribution >= 0.6 is 0 Å². The summed E-state index contributed by atoms with van der Waals surface area (Å²) in [5.41, 5.74) is 5.36. The SMILES string of the molecule is CC(C)=C/C=C/C(C)=C/CC/C(C)=C/CC/C(C)=C/CO. The zero-order valence-electron chi connectivity index (χ0n) is 14.4. The summed E-state index contributed by atoms with van der Waals surface area (Å²) in [6.07, 6.45) is 17.2. The average Bonchev–Trinajstić information content (AvgIpc) is 2.38.